The molecule has 2 heterocycles. The van der Waals surface area contributed by atoms with Gasteiger partial charge in [0.2, 0.25) is 0 Å². The molecule has 0 unspecified atom stereocenters. The van der Waals surface area contributed by atoms with Gasteiger partial charge in [0.25, 0.3) is 0 Å². The van der Waals surface area contributed by atoms with Crippen molar-refractivity contribution in [3.63, 3.8) is 0 Å². The van der Waals surface area contributed by atoms with Crippen molar-refractivity contribution in [1.29, 1.82) is 0 Å². The number of carbonyl (C=O) groups excluding carboxylic acids is 1. The van der Waals surface area contributed by atoms with Gasteiger partial charge >= 0.3 is 18.4 Å². The number of fused-ring (bicyclic) bond motifs is 1. The topological polar surface area (TPSA) is 96.2 Å². The summed E-state index contributed by atoms with van der Waals surface area (Å²) in [7, 11) is 0. The number of nitrogens with zero attached hydrogens (tertiary/aromatic N) is 3. The van der Waals surface area contributed by atoms with Crippen LogP contribution in [0.4, 0.5) is 31.1 Å². The minimum atomic E-state index is -5.14. The van der Waals surface area contributed by atoms with Crippen molar-refractivity contribution in [3.05, 3.63) is 72.1 Å². The first kappa shape index (κ1) is 34.5. The van der Waals surface area contributed by atoms with E-state index < -0.39 is 41.1 Å². The monoisotopic (exact) mass is 654 g/mol. The molecule has 248 valence electrons. The molecular weight excluding hydrogens is 622 g/mol. The van der Waals surface area contributed by atoms with Gasteiger partial charge in [-0.3, -0.25) is 0 Å². The average Bonchev–Trinajstić information content (AvgIpc) is 3.36. The minimum absolute atomic E-state index is 0.000947. The number of hydrogen-bond acceptors (Lipinski definition) is 7. The fourth-order valence-corrected chi connectivity index (χ4v) is 4.23. The molecule has 2 aromatic carbocycles. The Kier molecular flexibility index (Phi) is 10.8. The lowest BCUT2D eigenvalue weighted by Gasteiger charge is -2.19. The van der Waals surface area contributed by atoms with Crippen LogP contribution in [-0.2, 0) is 26.6 Å². The van der Waals surface area contributed by atoms with Crippen LogP contribution in [0.3, 0.4) is 0 Å². The standard InChI is InChI=1S/C31H32F6N4O5/c1-29(2,3)46-28(42)38-13-14-43-15-16-44-17-18-45-22-11-9-20(10-12-22)25-26(21-7-5-4-6-8-21)40-41-24(31(35,36)37)19-23(30(32,33)34)39-27(25)41/h4-12,19H,13-18H2,1-3H3,(H,38,42). The van der Waals surface area contributed by atoms with Gasteiger partial charge in [0.05, 0.1) is 32.0 Å². The van der Waals surface area contributed by atoms with Crippen LogP contribution in [0, 0.1) is 0 Å². The van der Waals surface area contributed by atoms with Gasteiger partial charge in [0.15, 0.2) is 11.3 Å². The summed E-state index contributed by atoms with van der Waals surface area (Å²) < 4.78 is 105. The summed E-state index contributed by atoms with van der Waals surface area (Å²) >= 11 is 0. The highest BCUT2D eigenvalue weighted by Gasteiger charge is 2.41. The van der Waals surface area contributed by atoms with E-state index in [0.717, 1.165) is 0 Å². The van der Waals surface area contributed by atoms with Crippen molar-refractivity contribution in [2.45, 2.75) is 38.7 Å². The molecule has 0 aliphatic rings. The summed E-state index contributed by atoms with van der Waals surface area (Å²) in [5, 5.41) is 6.65. The zero-order valence-corrected chi connectivity index (χ0v) is 25.2. The van der Waals surface area contributed by atoms with Crippen molar-refractivity contribution in [3.8, 4) is 28.1 Å². The fraction of sp³-hybridized carbons (Fsp3) is 0.387. The molecule has 0 radical (unpaired) electrons. The van der Waals surface area contributed by atoms with E-state index in [9.17, 15) is 31.1 Å². The van der Waals surface area contributed by atoms with Crippen molar-refractivity contribution >= 4 is 11.7 Å². The molecule has 1 N–H and O–H groups in total. The highest BCUT2D eigenvalue weighted by atomic mass is 19.4. The highest BCUT2D eigenvalue weighted by Crippen LogP contribution is 2.40. The number of benzene rings is 2. The minimum Gasteiger partial charge on any atom is -0.491 e. The van der Waals surface area contributed by atoms with Gasteiger partial charge in [-0.2, -0.15) is 31.4 Å². The summed E-state index contributed by atoms with van der Waals surface area (Å²) in [5.74, 6) is 0.398. The fourth-order valence-electron chi connectivity index (χ4n) is 4.23. The molecule has 0 atom stereocenters. The summed E-state index contributed by atoms with van der Waals surface area (Å²) in [5.41, 5.74) is -3.75. The van der Waals surface area contributed by atoms with Crippen LogP contribution in [0.5, 0.6) is 5.75 Å². The summed E-state index contributed by atoms with van der Waals surface area (Å²) in [6, 6.07) is 14.2. The van der Waals surface area contributed by atoms with E-state index in [-0.39, 0.29) is 62.5 Å². The van der Waals surface area contributed by atoms with Gasteiger partial charge in [-0.25, -0.2) is 14.3 Å². The maximum Gasteiger partial charge on any atom is 0.433 e. The summed E-state index contributed by atoms with van der Waals surface area (Å²) in [6.45, 7) is 6.78. The number of alkyl halides is 6. The molecule has 15 heteroatoms. The molecule has 46 heavy (non-hydrogen) atoms. The maximum atomic E-state index is 13.9. The van der Waals surface area contributed by atoms with Crippen LogP contribution in [0.25, 0.3) is 28.0 Å². The van der Waals surface area contributed by atoms with Crippen molar-refractivity contribution in [1.82, 2.24) is 19.9 Å². The van der Waals surface area contributed by atoms with Crippen LogP contribution >= 0.6 is 0 Å². The van der Waals surface area contributed by atoms with Crippen molar-refractivity contribution in [2.24, 2.45) is 0 Å². The van der Waals surface area contributed by atoms with Gasteiger partial charge in [-0.15, -0.1) is 0 Å². The Labute approximate surface area is 260 Å². The molecule has 2 aromatic heterocycles. The van der Waals surface area contributed by atoms with E-state index in [2.05, 4.69) is 15.4 Å². The number of carbonyl (C=O) groups is 1. The summed E-state index contributed by atoms with van der Waals surface area (Å²) in [4.78, 5) is 15.1. The Hall–Kier alpha value is -4.37. The van der Waals surface area contributed by atoms with Gasteiger partial charge < -0.3 is 24.3 Å². The van der Waals surface area contributed by atoms with E-state index in [4.69, 9.17) is 18.9 Å². The highest BCUT2D eigenvalue weighted by molar-refractivity contribution is 5.90. The Bertz CT molecular complexity index is 1600. The predicted molar refractivity (Wildman–Crippen MR) is 155 cm³/mol. The molecule has 0 fully saturated rings. The van der Waals surface area contributed by atoms with E-state index in [1.807, 2.05) is 0 Å². The number of aromatic nitrogens is 3. The van der Waals surface area contributed by atoms with Crippen molar-refractivity contribution in [2.75, 3.05) is 39.6 Å². The smallest absolute Gasteiger partial charge is 0.433 e. The van der Waals surface area contributed by atoms with Gasteiger partial charge in [-0.1, -0.05) is 42.5 Å². The Morgan fingerprint density at radius 2 is 1.43 bits per heavy atom. The number of hydrogen-bond donors (Lipinski definition) is 1. The first-order valence-corrected chi connectivity index (χ1v) is 14.1. The second-order valence-electron chi connectivity index (χ2n) is 10.9. The number of amides is 1. The number of ether oxygens (including phenoxy) is 4. The third kappa shape index (κ3) is 9.33. The van der Waals surface area contributed by atoms with Gasteiger partial charge in [0.1, 0.15) is 29.3 Å². The van der Waals surface area contributed by atoms with Gasteiger partial charge in [0, 0.05) is 12.1 Å². The van der Waals surface area contributed by atoms with Gasteiger partial charge in [-0.05, 0) is 44.5 Å². The third-order valence-electron chi connectivity index (χ3n) is 6.14. The number of halogens is 6. The van der Waals surface area contributed by atoms with E-state index >= 15 is 0 Å². The first-order chi connectivity index (χ1) is 21.6. The zero-order chi connectivity index (χ0) is 33.5. The zero-order valence-electron chi connectivity index (χ0n) is 25.2. The average molecular weight is 655 g/mol. The molecule has 1 amide bonds. The molecule has 4 aromatic rings. The number of nitrogens with one attached hydrogen (secondary N) is 1. The quantitative estimate of drug-likeness (QED) is 0.129. The second-order valence-corrected chi connectivity index (χ2v) is 10.9. The molecule has 9 nitrogen and oxygen atoms in total. The SMILES string of the molecule is CC(C)(C)OC(=O)NCCOCCOCCOc1ccc(-c2c(-c3ccccc3)nn3c(C(F)(F)F)cc(C(F)(F)F)nc23)cc1. The molecule has 0 saturated carbocycles. The molecule has 4 rings (SSSR count). The molecule has 0 aliphatic carbocycles. The Balaban J connectivity index is 1.40. The largest absolute Gasteiger partial charge is 0.491 e. The Morgan fingerprint density at radius 1 is 0.804 bits per heavy atom. The lowest BCUT2D eigenvalue weighted by atomic mass is 10.0. The van der Waals surface area contributed by atoms with Crippen LogP contribution in [0.1, 0.15) is 32.2 Å². The number of rotatable bonds is 12. The summed E-state index contributed by atoms with van der Waals surface area (Å²) in [6.07, 6.45) is -10.8. The molecule has 0 spiro atoms. The molecular formula is C31H32F6N4O5. The predicted octanol–water partition coefficient (Wildman–Crippen LogP) is 7.04. The van der Waals surface area contributed by atoms with Crippen LogP contribution in [0.15, 0.2) is 60.7 Å². The lowest BCUT2D eigenvalue weighted by molar-refractivity contribution is -0.148. The molecule has 0 bridgehead atoms. The first-order valence-electron chi connectivity index (χ1n) is 14.1. The van der Waals surface area contributed by atoms with E-state index in [1.54, 1.807) is 51.1 Å². The van der Waals surface area contributed by atoms with E-state index in [1.165, 1.54) is 24.3 Å². The number of alkyl carbamates (subject to hydrolysis) is 1. The Morgan fingerprint density at radius 3 is 2.04 bits per heavy atom. The van der Waals surface area contributed by atoms with E-state index in [0.29, 0.717) is 15.8 Å². The lowest BCUT2D eigenvalue weighted by Crippen LogP contribution is -2.34. The molecule has 0 aliphatic heterocycles. The van der Waals surface area contributed by atoms with Crippen molar-refractivity contribution < 1.29 is 50.1 Å². The second kappa shape index (κ2) is 14.4. The third-order valence-corrected chi connectivity index (χ3v) is 6.14. The van der Waals surface area contributed by atoms with Crippen LogP contribution in [0.2, 0.25) is 0 Å². The van der Waals surface area contributed by atoms with Crippen LogP contribution in [-0.4, -0.2) is 65.9 Å². The molecule has 0 saturated heterocycles. The van der Waals surface area contributed by atoms with Crippen LogP contribution < -0.4 is 10.1 Å². The maximum absolute atomic E-state index is 13.9. The normalized spacial score (nSPS) is 12.4.